The van der Waals surface area contributed by atoms with Gasteiger partial charge in [0.05, 0.1) is 26.0 Å². The van der Waals surface area contributed by atoms with Gasteiger partial charge in [-0.3, -0.25) is 4.57 Å². The summed E-state index contributed by atoms with van der Waals surface area (Å²) in [4.78, 5) is 11.4. The van der Waals surface area contributed by atoms with Crippen molar-refractivity contribution in [3.63, 3.8) is 0 Å². The van der Waals surface area contributed by atoms with E-state index in [1.54, 1.807) is 20.8 Å². The van der Waals surface area contributed by atoms with Crippen LogP contribution < -0.4 is 0 Å². The monoisotopic (exact) mass is 291 g/mol. The van der Waals surface area contributed by atoms with E-state index >= 15 is 0 Å². The molecule has 0 amide bonds. The van der Waals surface area contributed by atoms with Crippen LogP contribution in [-0.2, 0) is 24.6 Å². The summed E-state index contributed by atoms with van der Waals surface area (Å²) in [5.41, 5.74) is 0.0568. The standard InChI is InChI=1S/C10H18N3O5P/c1-4-16-10(14)9-7-13(12-11-9)8-19(15,17-5-2)18-6-3/h7H,4-6,8H2,1-3H3. The second-order valence-electron chi connectivity index (χ2n) is 3.45. The normalized spacial score (nSPS) is 11.5. The van der Waals surface area contributed by atoms with Crippen LogP contribution in [0, 0.1) is 0 Å². The summed E-state index contributed by atoms with van der Waals surface area (Å²) in [7, 11) is -3.27. The highest BCUT2D eigenvalue weighted by atomic mass is 31.2. The Labute approximate surface area is 111 Å². The SMILES string of the molecule is CCOC(=O)c1cn(CP(=O)(OCC)OCC)nn1. The Hall–Kier alpha value is -1.24. The number of hydrogen-bond donors (Lipinski definition) is 0. The van der Waals surface area contributed by atoms with E-state index in [9.17, 15) is 9.36 Å². The molecule has 0 fully saturated rings. The first-order valence-electron chi connectivity index (χ1n) is 6.00. The Morgan fingerprint density at radius 2 is 1.89 bits per heavy atom. The Morgan fingerprint density at radius 1 is 1.26 bits per heavy atom. The molecule has 1 heterocycles. The van der Waals surface area contributed by atoms with Gasteiger partial charge in [-0.05, 0) is 20.8 Å². The first-order valence-corrected chi connectivity index (χ1v) is 7.72. The highest BCUT2D eigenvalue weighted by molar-refractivity contribution is 7.52. The maximum atomic E-state index is 12.2. The van der Waals surface area contributed by atoms with E-state index in [4.69, 9.17) is 13.8 Å². The van der Waals surface area contributed by atoms with Gasteiger partial charge in [-0.15, -0.1) is 5.10 Å². The minimum absolute atomic E-state index is 0.0568. The molecule has 0 aromatic carbocycles. The van der Waals surface area contributed by atoms with Crippen LogP contribution in [0.15, 0.2) is 6.20 Å². The van der Waals surface area contributed by atoms with Crippen molar-refractivity contribution < 1.29 is 23.1 Å². The van der Waals surface area contributed by atoms with E-state index in [-0.39, 0.29) is 31.8 Å². The number of nitrogens with zero attached hydrogens (tertiary/aromatic N) is 3. The molecule has 0 saturated carbocycles. The second-order valence-corrected chi connectivity index (χ2v) is 5.47. The number of esters is 1. The molecule has 0 saturated heterocycles. The Morgan fingerprint density at radius 3 is 2.42 bits per heavy atom. The number of ether oxygens (including phenoxy) is 1. The molecule has 1 aromatic rings. The van der Waals surface area contributed by atoms with Crippen molar-refractivity contribution >= 4 is 13.6 Å². The molecule has 0 spiro atoms. The van der Waals surface area contributed by atoms with Gasteiger partial charge < -0.3 is 13.8 Å². The maximum absolute atomic E-state index is 12.2. The van der Waals surface area contributed by atoms with E-state index in [1.165, 1.54) is 10.9 Å². The van der Waals surface area contributed by atoms with Gasteiger partial charge in [0, 0.05) is 0 Å². The summed E-state index contributed by atoms with van der Waals surface area (Å²) in [6.45, 7) is 5.91. The average Bonchev–Trinajstić information content (AvgIpc) is 2.78. The van der Waals surface area contributed by atoms with Crippen LogP contribution in [0.3, 0.4) is 0 Å². The lowest BCUT2D eigenvalue weighted by Crippen LogP contribution is -2.06. The highest BCUT2D eigenvalue weighted by Gasteiger charge is 2.25. The molecule has 1 aromatic heterocycles. The molecule has 0 bridgehead atoms. The number of carbonyl (C=O) groups is 1. The molecule has 8 nitrogen and oxygen atoms in total. The van der Waals surface area contributed by atoms with Crippen molar-refractivity contribution in [2.24, 2.45) is 0 Å². The molecule has 0 unspecified atom stereocenters. The van der Waals surface area contributed by atoms with Gasteiger partial charge in [0.1, 0.15) is 6.29 Å². The van der Waals surface area contributed by atoms with Crippen LogP contribution in [-0.4, -0.2) is 40.8 Å². The van der Waals surface area contributed by atoms with Crippen LogP contribution in [0.1, 0.15) is 31.3 Å². The molecule has 108 valence electrons. The molecule has 0 atom stereocenters. The zero-order valence-corrected chi connectivity index (χ0v) is 12.1. The number of aromatic nitrogens is 3. The molecule has 0 aliphatic rings. The Balaban J connectivity index is 2.75. The summed E-state index contributed by atoms with van der Waals surface area (Å²) < 4.78 is 28.5. The van der Waals surface area contributed by atoms with Crippen molar-refractivity contribution in [3.05, 3.63) is 11.9 Å². The first kappa shape index (κ1) is 15.8. The van der Waals surface area contributed by atoms with E-state index < -0.39 is 13.6 Å². The van der Waals surface area contributed by atoms with E-state index in [0.717, 1.165) is 0 Å². The van der Waals surface area contributed by atoms with Crippen LogP contribution in [0.4, 0.5) is 0 Å². The molecule has 0 N–H and O–H groups in total. The van der Waals surface area contributed by atoms with Gasteiger partial charge in [-0.25, -0.2) is 9.48 Å². The third-order valence-corrected chi connectivity index (χ3v) is 3.93. The lowest BCUT2D eigenvalue weighted by Gasteiger charge is -2.16. The third kappa shape index (κ3) is 4.74. The fourth-order valence-corrected chi connectivity index (χ4v) is 2.87. The summed E-state index contributed by atoms with van der Waals surface area (Å²) >= 11 is 0. The summed E-state index contributed by atoms with van der Waals surface area (Å²) in [5, 5.41) is 7.35. The van der Waals surface area contributed by atoms with Crippen molar-refractivity contribution in [1.29, 1.82) is 0 Å². The van der Waals surface area contributed by atoms with Crippen LogP contribution in [0.5, 0.6) is 0 Å². The topological polar surface area (TPSA) is 92.5 Å². The van der Waals surface area contributed by atoms with Gasteiger partial charge in [0.2, 0.25) is 0 Å². The number of carbonyl (C=O) groups excluding carboxylic acids is 1. The minimum atomic E-state index is -3.27. The lowest BCUT2D eigenvalue weighted by molar-refractivity contribution is 0.0519. The molecule has 1 rings (SSSR count). The smallest absolute Gasteiger partial charge is 0.360 e. The number of hydrogen-bond acceptors (Lipinski definition) is 7. The lowest BCUT2D eigenvalue weighted by atomic mass is 10.5. The predicted octanol–water partition coefficient (Wildman–Crippen LogP) is 1.68. The number of rotatable bonds is 8. The first-order chi connectivity index (χ1) is 9.04. The molecule has 0 aliphatic carbocycles. The maximum Gasteiger partial charge on any atom is 0.360 e. The van der Waals surface area contributed by atoms with Crippen LogP contribution in [0.25, 0.3) is 0 Å². The quantitative estimate of drug-likeness (QED) is 0.531. The van der Waals surface area contributed by atoms with Crippen molar-refractivity contribution in [3.8, 4) is 0 Å². The fourth-order valence-electron chi connectivity index (χ4n) is 1.36. The summed E-state index contributed by atoms with van der Waals surface area (Å²) in [6, 6.07) is 0. The molecule has 19 heavy (non-hydrogen) atoms. The van der Waals surface area contributed by atoms with Crippen molar-refractivity contribution in [2.45, 2.75) is 27.1 Å². The van der Waals surface area contributed by atoms with E-state index in [0.29, 0.717) is 0 Å². The Bertz CT molecular complexity index is 452. The molecule has 9 heteroatoms. The largest absolute Gasteiger partial charge is 0.461 e. The van der Waals surface area contributed by atoms with Crippen molar-refractivity contribution in [2.75, 3.05) is 19.8 Å². The van der Waals surface area contributed by atoms with E-state index in [1.807, 2.05) is 0 Å². The zero-order valence-electron chi connectivity index (χ0n) is 11.2. The molecular formula is C10H18N3O5P. The van der Waals surface area contributed by atoms with Gasteiger partial charge in [0.25, 0.3) is 0 Å². The van der Waals surface area contributed by atoms with Crippen molar-refractivity contribution in [1.82, 2.24) is 15.0 Å². The van der Waals surface area contributed by atoms with E-state index in [2.05, 4.69) is 10.3 Å². The fraction of sp³-hybridized carbons (Fsp3) is 0.700. The minimum Gasteiger partial charge on any atom is -0.461 e. The van der Waals surface area contributed by atoms with Gasteiger partial charge in [-0.2, -0.15) is 0 Å². The highest BCUT2D eigenvalue weighted by Crippen LogP contribution is 2.49. The van der Waals surface area contributed by atoms with Gasteiger partial charge in [-0.1, -0.05) is 5.21 Å². The third-order valence-electron chi connectivity index (χ3n) is 1.99. The molecule has 0 radical (unpaired) electrons. The van der Waals surface area contributed by atoms with Crippen LogP contribution in [0.2, 0.25) is 0 Å². The summed E-state index contributed by atoms with van der Waals surface area (Å²) in [5.74, 6) is -0.573. The molecule has 0 aliphatic heterocycles. The van der Waals surface area contributed by atoms with Crippen LogP contribution >= 0.6 is 7.60 Å². The second kappa shape index (κ2) is 7.37. The Kier molecular flexibility index (Phi) is 6.14. The zero-order chi connectivity index (χ0) is 14.3. The predicted molar refractivity (Wildman–Crippen MR) is 66.8 cm³/mol. The summed E-state index contributed by atoms with van der Waals surface area (Å²) in [6.07, 6.45) is 1.25. The molecular weight excluding hydrogens is 273 g/mol. The van der Waals surface area contributed by atoms with Gasteiger partial charge >= 0.3 is 13.6 Å². The van der Waals surface area contributed by atoms with Gasteiger partial charge in [0.15, 0.2) is 5.69 Å². The average molecular weight is 291 g/mol.